The highest BCUT2D eigenvalue weighted by atomic mass is 127. The topological polar surface area (TPSA) is 88.6 Å². The molecule has 1 aromatic heterocycles. The third-order valence-corrected chi connectivity index (χ3v) is 5.02. The highest BCUT2D eigenvalue weighted by Crippen LogP contribution is 2.21. The molecule has 1 aliphatic rings. The van der Waals surface area contributed by atoms with E-state index in [2.05, 4.69) is 34.2 Å². The first kappa shape index (κ1) is 21.0. The van der Waals surface area contributed by atoms with Gasteiger partial charge in [0.2, 0.25) is 0 Å². The molecule has 0 aromatic carbocycles. The maximum absolute atomic E-state index is 10.7. The van der Waals surface area contributed by atoms with E-state index in [-0.39, 0.29) is 29.7 Å². The summed E-state index contributed by atoms with van der Waals surface area (Å²) in [6, 6.07) is 0. The lowest BCUT2D eigenvalue weighted by Crippen LogP contribution is -2.48. The number of aliphatic imine (C=N–C) groups is 1. The molecule has 1 saturated heterocycles. The van der Waals surface area contributed by atoms with E-state index in [0.717, 1.165) is 37.8 Å². The number of hydrogen-bond acceptors (Lipinski definition) is 5. The second-order valence-corrected chi connectivity index (χ2v) is 6.71. The maximum atomic E-state index is 10.7. The lowest BCUT2D eigenvalue weighted by Gasteiger charge is -2.34. The van der Waals surface area contributed by atoms with Crippen molar-refractivity contribution in [1.82, 2.24) is 20.0 Å². The lowest BCUT2D eigenvalue weighted by atomic mass is 10.3. The van der Waals surface area contributed by atoms with Gasteiger partial charge in [0.25, 0.3) is 0 Å². The fraction of sp³-hybridized carbons (Fsp3) is 0.714. The third-order valence-electron chi connectivity index (χ3n) is 3.65. The largest absolute Gasteiger partial charge is 0.357 e. The Kier molecular flexibility index (Phi) is 9.41. The predicted molar refractivity (Wildman–Crippen MR) is 108 cm³/mol. The van der Waals surface area contributed by atoms with Crippen LogP contribution in [0.2, 0.25) is 0 Å². The molecule has 0 saturated carbocycles. The molecule has 136 valence electrons. The number of nitrogens with one attached hydrogen (secondary N) is 1. The summed E-state index contributed by atoms with van der Waals surface area (Å²) in [6.07, 6.45) is 3.87. The monoisotopic (exact) mass is 468 g/mol. The summed E-state index contributed by atoms with van der Waals surface area (Å²) in [6.45, 7) is 8.19. The first-order chi connectivity index (χ1) is 11.1. The van der Waals surface area contributed by atoms with Crippen molar-refractivity contribution in [2.24, 2.45) is 4.99 Å². The van der Waals surface area contributed by atoms with Crippen molar-refractivity contribution in [2.75, 3.05) is 31.9 Å². The quantitative estimate of drug-likeness (QED) is 0.227. The molecule has 0 aliphatic carbocycles. The van der Waals surface area contributed by atoms with Crippen molar-refractivity contribution >= 4 is 47.4 Å². The number of rotatable bonds is 6. The second-order valence-electron chi connectivity index (χ2n) is 5.30. The molecule has 24 heavy (non-hydrogen) atoms. The smallest absolute Gasteiger partial charge is 0.306 e. The van der Waals surface area contributed by atoms with Gasteiger partial charge < -0.3 is 10.2 Å². The van der Waals surface area contributed by atoms with Crippen LogP contribution in [0.1, 0.15) is 20.3 Å². The van der Waals surface area contributed by atoms with E-state index in [1.54, 1.807) is 4.68 Å². The van der Waals surface area contributed by atoms with Crippen LogP contribution >= 0.6 is 35.7 Å². The zero-order chi connectivity index (χ0) is 16.7. The summed E-state index contributed by atoms with van der Waals surface area (Å²) in [5.74, 6) is 2.04. The van der Waals surface area contributed by atoms with Crippen LogP contribution in [-0.4, -0.2) is 62.7 Å². The van der Waals surface area contributed by atoms with Gasteiger partial charge in [0.15, 0.2) is 5.96 Å². The molecule has 1 atom stereocenters. The van der Waals surface area contributed by atoms with E-state index < -0.39 is 4.92 Å². The van der Waals surface area contributed by atoms with Gasteiger partial charge in [-0.05, 0) is 13.3 Å². The Hall–Kier alpha value is -1.04. The summed E-state index contributed by atoms with van der Waals surface area (Å²) >= 11 is 2.03. The van der Waals surface area contributed by atoms with E-state index >= 15 is 0 Å². The molecule has 0 amide bonds. The first-order valence-corrected chi connectivity index (χ1v) is 9.00. The van der Waals surface area contributed by atoms with E-state index in [9.17, 15) is 10.1 Å². The fourth-order valence-electron chi connectivity index (χ4n) is 2.41. The van der Waals surface area contributed by atoms with Crippen LogP contribution in [0, 0.1) is 10.1 Å². The van der Waals surface area contributed by atoms with Gasteiger partial charge in [-0.3, -0.25) is 19.8 Å². The van der Waals surface area contributed by atoms with Crippen molar-refractivity contribution in [1.29, 1.82) is 0 Å². The average molecular weight is 468 g/mol. The molecule has 1 N–H and O–H groups in total. The number of hydrogen-bond donors (Lipinski definition) is 1. The minimum absolute atomic E-state index is 0. The van der Waals surface area contributed by atoms with E-state index in [4.69, 9.17) is 0 Å². The predicted octanol–water partition coefficient (Wildman–Crippen LogP) is 2.20. The summed E-state index contributed by atoms with van der Waals surface area (Å²) in [4.78, 5) is 17.2. The first-order valence-electron chi connectivity index (χ1n) is 7.95. The zero-order valence-corrected chi connectivity index (χ0v) is 17.2. The van der Waals surface area contributed by atoms with E-state index in [1.165, 1.54) is 12.4 Å². The van der Waals surface area contributed by atoms with Crippen LogP contribution in [0.25, 0.3) is 0 Å². The molecule has 0 bridgehead atoms. The van der Waals surface area contributed by atoms with Gasteiger partial charge in [-0.1, -0.05) is 6.92 Å². The normalized spacial score (nSPS) is 18.2. The van der Waals surface area contributed by atoms with Crippen LogP contribution in [0.4, 0.5) is 5.69 Å². The van der Waals surface area contributed by atoms with Gasteiger partial charge in [0.05, 0.1) is 18.0 Å². The molecule has 1 aromatic rings. The minimum Gasteiger partial charge on any atom is -0.357 e. The van der Waals surface area contributed by atoms with E-state index in [0.29, 0.717) is 18.3 Å². The zero-order valence-electron chi connectivity index (χ0n) is 14.1. The van der Waals surface area contributed by atoms with Crippen LogP contribution in [0.5, 0.6) is 0 Å². The molecule has 1 fully saturated rings. The number of aromatic nitrogens is 2. The Morgan fingerprint density at radius 2 is 2.38 bits per heavy atom. The molecule has 2 rings (SSSR count). The Bertz CT molecular complexity index is 553. The van der Waals surface area contributed by atoms with Gasteiger partial charge in [-0.2, -0.15) is 16.9 Å². The maximum Gasteiger partial charge on any atom is 0.306 e. The molecular weight excluding hydrogens is 443 g/mol. The average Bonchev–Trinajstić information content (AvgIpc) is 3.03. The molecular formula is C14H25IN6O2S. The third kappa shape index (κ3) is 6.11. The number of nitro groups is 1. The molecule has 1 aliphatic heterocycles. The molecule has 10 heteroatoms. The number of guanidine groups is 1. The lowest BCUT2D eigenvalue weighted by molar-refractivity contribution is -0.385. The number of thioether (sulfide) groups is 1. The van der Waals surface area contributed by atoms with Crippen LogP contribution < -0.4 is 5.32 Å². The fourth-order valence-corrected chi connectivity index (χ4v) is 3.59. The molecule has 0 spiro atoms. The van der Waals surface area contributed by atoms with Gasteiger partial charge >= 0.3 is 5.69 Å². The molecule has 1 unspecified atom stereocenters. The number of halogens is 1. The van der Waals surface area contributed by atoms with Gasteiger partial charge in [-0.25, -0.2) is 0 Å². The van der Waals surface area contributed by atoms with Crippen LogP contribution in [0.15, 0.2) is 17.4 Å². The van der Waals surface area contributed by atoms with Crippen LogP contribution in [-0.2, 0) is 6.54 Å². The van der Waals surface area contributed by atoms with Crippen molar-refractivity contribution in [3.8, 4) is 0 Å². The van der Waals surface area contributed by atoms with Crippen LogP contribution in [0.3, 0.4) is 0 Å². The Morgan fingerprint density at radius 1 is 1.58 bits per heavy atom. The minimum atomic E-state index is -0.437. The summed E-state index contributed by atoms with van der Waals surface area (Å²) < 4.78 is 1.56. The standard InChI is InChI=1S/C14H24N6O2S.HI/c1-3-13-11-18(7-8-23-13)14(15-4-2)16-5-6-19-10-12(9-17-19)20(21)22;/h9-10,13H,3-8,11H2,1-2H3,(H,15,16);1H. The number of nitrogens with zero attached hydrogens (tertiary/aromatic N) is 5. The van der Waals surface area contributed by atoms with Gasteiger partial charge in [0.1, 0.15) is 12.4 Å². The summed E-state index contributed by atoms with van der Waals surface area (Å²) in [7, 11) is 0. The van der Waals surface area contributed by atoms with Crippen molar-refractivity contribution in [3.05, 3.63) is 22.5 Å². The van der Waals surface area contributed by atoms with Crippen molar-refractivity contribution in [2.45, 2.75) is 32.1 Å². The van der Waals surface area contributed by atoms with Crippen molar-refractivity contribution < 1.29 is 4.92 Å². The van der Waals surface area contributed by atoms with Gasteiger partial charge in [-0.15, -0.1) is 24.0 Å². The molecule has 0 radical (unpaired) electrons. The SMILES string of the molecule is CCNC(=NCCn1cc([N+](=O)[O-])cn1)N1CCSC(CC)C1.I. The van der Waals surface area contributed by atoms with E-state index in [1.807, 2.05) is 11.8 Å². The highest BCUT2D eigenvalue weighted by Gasteiger charge is 2.21. The Morgan fingerprint density at radius 3 is 3.00 bits per heavy atom. The molecule has 2 heterocycles. The Labute approximate surface area is 163 Å². The van der Waals surface area contributed by atoms with Gasteiger partial charge in [0, 0.05) is 30.6 Å². The summed E-state index contributed by atoms with van der Waals surface area (Å²) in [5.41, 5.74) is 0.0136. The Balaban J connectivity index is 0.00000288. The highest BCUT2D eigenvalue weighted by molar-refractivity contribution is 14.0. The molecule has 8 nitrogen and oxygen atoms in total. The second kappa shape index (κ2) is 10.7. The summed E-state index contributed by atoms with van der Waals surface area (Å²) in [5, 5.41) is 18.6. The van der Waals surface area contributed by atoms with Crippen molar-refractivity contribution in [3.63, 3.8) is 0 Å².